The second-order valence-corrected chi connectivity index (χ2v) is 4.51. The SMILES string of the molecule is Cc1cc(C(=O)NCCCCO)c2ccccc2n1. The summed E-state index contributed by atoms with van der Waals surface area (Å²) in [6.07, 6.45) is 1.49. The van der Waals surface area contributed by atoms with Crippen molar-refractivity contribution in [3.05, 3.63) is 41.6 Å². The van der Waals surface area contributed by atoms with Crippen molar-refractivity contribution in [2.24, 2.45) is 0 Å². The van der Waals surface area contributed by atoms with E-state index in [0.29, 0.717) is 18.5 Å². The number of nitrogens with zero attached hydrogens (tertiary/aromatic N) is 1. The predicted octanol–water partition coefficient (Wildman–Crippen LogP) is 2.05. The zero-order chi connectivity index (χ0) is 13.7. The van der Waals surface area contributed by atoms with E-state index in [0.717, 1.165) is 23.0 Å². The summed E-state index contributed by atoms with van der Waals surface area (Å²) in [5.41, 5.74) is 2.33. The van der Waals surface area contributed by atoms with E-state index in [1.54, 1.807) is 0 Å². The number of aromatic nitrogens is 1. The van der Waals surface area contributed by atoms with Gasteiger partial charge in [0.1, 0.15) is 0 Å². The number of rotatable bonds is 5. The van der Waals surface area contributed by atoms with E-state index in [1.807, 2.05) is 37.3 Å². The first-order valence-corrected chi connectivity index (χ1v) is 6.48. The molecule has 1 amide bonds. The number of aliphatic hydroxyl groups excluding tert-OH is 1. The fourth-order valence-corrected chi connectivity index (χ4v) is 2.03. The number of unbranched alkanes of at least 4 members (excludes halogenated alkanes) is 1. The Bertz CT molecular complexity index is 581. The number of pyridine rings is 1. The summed E-state index contributed by atoms with van der Waals surface area (Å²) in [5, 5.41) is 12.4. The van der Waals surface area contributed by atoms with Crippen molar-refractivity contribution in [1.29, 1.82) is 0 Å². The lowest BCUT2D eigenvalue weighted by Gasteiger charge is -2.08. The Morgan fingerprint density at radius 1 is 1.32 bits per heavy atom. The molecule has 0 aliphatic carbocycles. The zero-order valence-corrected chi connectivity index (χ0v) is 11.0. The Labute approximate surface area is 112 Å². The first kappa shape index (κ1) is 13.5. The van der Waals surface area contributed by atoms with Crippen LogP contribution in [-0.2, 0) is 0 Å². The maximum absolute atomic E-state index is 12.2. The number of para-hydroxylation sites is 1. The Morgan fingerprint density at radius 2 is 2.11 bits per heavy atom. The van der Waals surface area contributed by atoms with E-state index in [1.165, 1.54) is 0 Å². The fourth-order valence-electron chi connectivity index (χ4n) is 2.03. The van der Waals surface area contributed by atoms with Gasteiger partial charge in [-0.2, -0.15) is 0 Å². The highest BCUT2D eigenvalue weighted by molar-refractivity contribution is 6.06. The number of aliphatic hydroxyl groups is 1. The summed E-state index contributed by atoms with van der Waals surface area (Å²) in [5.74, 6) is -0.0837. The summed E-state index contributed by atoms with van der Waals surface area (Å²) in [7, 11) is 0. The first-order valence-electron chi connectivity index (χ1n) is 6.48. The van der Waals surface area contributed by atoms with Gasteiger partial charge in [-0.3, -0.25) is 9.78 Å². The molecule has 1 aromatic carbocycles. The molecule has 0 aliphatic heterocycles. The summed E-state index contributed by atoms with van der Waals surface area (Å²) in [4.78, 5) is 16.6. The Morgan fingerprint density at radius 3 is 2.89 bits per heavy atom. The molecule has 2 aromatic rings. The van der Waals surface area contributed by atoms with Crippen molar-refractivity contribution in [2.75, 3.05) is 13.2 Å². The van der Waals surface area contributed by atoms with E-state index in [2.05, 4.69) is 10.3 Å². The molecule has 0 bridgehead atoms. The summed E-state index contributed by atoms with van der Waals surface area (Å²) >= 11 is 0. The van der Waals surface area contributed by atoms with Gasteiger partial charge < -0.3 is 10.4 Å². The number of fused-ring (bicyclic) bond motifs is 1. The maximum Gasteiger partial charge on any atom is 0.252 e. The molecule has 1 heterocycles. The molecule has 0 fully saturated rings. The van der Waals surface area contributed by atoms with Crippen molar-refractivity contribution in [1.82, 2.24) is 10.3 Å². The number of carbonyl (C=O) groups is 1. The van der Waals surface area contributed by atoms with E-state index in [4.69, 9.17) is 5.11 Å². The minimum Gasteiger partial charge on any atom is -0.396 e. The number of amides is 1. The lowest BCUT2D eigenvalue weighted by Crippen LogP contribution is -2.25. The number of carbonyl (C=O) groups excluding carboxylic acids is 1. The molecule has 0 atom stereocenters. The predicted molar refractivity (Wildman–Crippen MR) is 75.1 cm³/mol. The molecule has 4 nitrogen and oxygen atoms in total. The normalized spacial score (nSPS) is 10.6. The van der Waals surface area contributed by atoms with Gasteiger partial charge in [0.25, 0.3) is 5.91 Å². The monoisotopic (exact) mass is 258 g/mol. The number of hydrogen-bond donors (Lipinski definition) is 2. The third kappa shape index (κ3) is 3.29. The standard InChI is InChI=1S/C15H18N2O2/c1-11-10-13(15(19)16-8-4-5-9-18)12-6-2-3-7-14(12)17-11/h2-3,6-7,10,18H,4-5,8-9H2,1H3,(H,16,19). The van der Waals surface area contributed by atoms with Crippen molar-refractivity contribution < 1.29 is 9.90 Å². The van der Waals surface area contributed by atoms with Gasteiger partial charge in [0.2, 0.25) is 0 Å². The maximum atomic E-state index is 12.2. The van der Waals surface area contributed by atoms with Crippen molar-refractivity contribution in [2.45, 2.75) is 19.8 Å². The van der Waals surface area contributed by atoms with Crippen LogP contribution in [0.3, 0.4) is 0 Å². The average molecular weight is 258 g/mol. The molecule has 0 aliphatic rings. The third-order valence-electron chi connectivity index (χ3n) is 2.96. The Balaban J connectivity index is 2.21. The van der Waals surface area contributed by atoms with Gasteiger partial charge in [-0.1, -0.05) is 18.2 Å². The summed E-state index contributed by atoms with van der Waals surface area (Å²) < 4.78 is 0. The number of benzene rings is 1. The number of hydrogen-bond acceptors (Lipinski definition) is 3. The highest BCUT2D eigenvalue weighted by Crippen LogP contribution is 2.17. The lowest BCUT2D eigenvalue weighted by atomic mass is 10.1. The molecule has 0 unspecified atom stereocenters. The summed E-state index contributed by atoms with van der Waals surface area (Å²) in [6.45, 7) is 2.62. The fraction of sp³-hybridized carbons (Fsp3) is 0.333. The van der Waals surface area contributed by atoms with Crippen LogP contribution >= 0.6 is 0 Å². The molecule has 100 valence electrons. The first-order chi connectivity index (χ1) is 9.22. The van der Waals surface area contributed by atoms with Crippen LogP contribution in [0.4, 0.5) is 0 Å². The molecule has 0 saturated carbocycles. The van der Waals surface area contributed by atoms with Gasteiger partial charge in [-0.25, -0.2) is 0 Å². The molecule has 19 heavy (non-hydrogen) atoms. The third-order valence-corrected chi connectivity index (χ3v) is 2.96. The second-order valence-electron chi connectivity index (χ2n) is 4.51. The van der Waals surface area contributed by atoms with E-state index in [9.17, 15) is 4.79 Å². The van der Waals surface area contributed by atoms with E-state index in [-0.39, 0.29) is 12.5 Å². The molecule has 4 heteroatoms. The molecule has 2 N–H and O–H groups in total. The highest BCUT2D eigenvalue weighted by atomic mass is 16.2. The summed E-state index contributed by atoms with van der Waals surface area (Å²) in [6, 6.07) is 9.44. The number of aryl methyl sites for hydroxylation is 1. The van der Waals surface area contributed by atoms with Gasteiger partial charge in [0.05, 0.1) is 11.1 Å². The van der Waals surface area contributed by atoms with Crippen molar-refractivity contribution in [3.8, 4) is 0 Å². The molecule has 0 saturated heterocycles. The van der Waals surface area contributed by atoms with Crippen LogP contribution in [0.5, 0.6) is 0 Å². The van der Waals surface area contributed by atoms with Crippen molar-refractivity contribution in [3.63, 3.8) is 0 Å². The molecule has 1 aromatic heterocycles. The van der Waals surface area contributed by atoms with Crippen LogP contribution in [0.1, 0.15) is 28.9 Å². The van der Waals surface area contributed by atoms with Gasteiger partial charge in [0.15, 0.2) is 0 Å². The van der Waals surface area contributed by atoms with Gasteiger partial charge in [0, 0.05) is 24.2 Å². The minimum absolute atomic E-state index is 0.0837. The minimum atomic E-state index is -0.0837. The van der Waals surface area contributed by atoms with Crippen molar-refractivity contribution >= 4 is 16.8 Å². The smallest absolute Gasteiger partial charge is 0.252 e. The topological polar surface area (TPSA) is 62.2 Å². The second kappa shape index (κ2) is 6.29. The molecule has 0 radical (unpaired) electrons. The Hall–Kier alpha value is -1.94. The van der Waals surface area contributed by atoms with Gasteiger partial charge in [-0.05, 0) is 31.9 Å². The van der Waals surface area contributed by atoms with E-state index < -0.39 is 0 Å². The van der Waals surface area contributed by atoms with E-state index >= 15 is 0 Å². The lowest BCUT2D eigenvalue weighted by molar-refractivity contribution is 0.0953. The van der Waals surface area contributed by atoms with Crippen LogP contribution in [-0.4, -0.2) is 29.1 Å². The van der Waals surface area contributed by atoms with Crippen LogP contribution in [0.15, 0.2) is 30.3 Å². The largest absolute Gasteiger partial charge is 0.396 e. The molecule has 2 rings (SSSR count). The average Bonchev–Trinajstić information content (AvgIpc) is 2.42. The van der Waals surface area contributed by atoms with Crippen LogP contribution < -0.4 is 5.32 Å². The van der Waals surface area contributed by atoms with Crippen LogP contribution in [0, 0.1) is 6.92 Å². The van der Waals surface area contributed by atoms with Crippen LogP contribution in [0.2, 0.25) is 0 Å². The molecular formula is C15H18N2O2. The van der Waals surface area contributed by atoms with Gasteiger partial charge >= 0.3 is 0 Å². The Kier molecular flexibility index (Phi) is 4.47. The van der Waals surface area contributed by atoms with Crippen LogP contribution in [0.25, 0.3) is 10.9 Å². The number of nitrogens with one attached hydrogen (secondary N) is 1. The molecule has 0 spiro atoms. The zero-order valence-electron chi connectivity index (χ0n) is 11.0. The quantitative estimate of drug-likeness (QED) is 0.807. The highest BCUT2D eigenvalue weighted by Gasteiger charge is 2.10. The molecular weight excluding hydrogens is 240 g/mol. The van der Waals surface area contributed by atoms with Gasteiger partial charge in [-0.15, -0.1) is 0 Å².